The lowest BCUT2D eigenvalue weighted by Crippen LogP contribution is -2.41. The quantitative estimate of drug-likeness (QED) is 0.0607. The fourth-order valence-corrected chi connectivity index (χ4v) is 9.33. The molecule has 62 heavy (non-hydrogen) atoms. The van der Waals surface area contributed by atoms with Crippen molar-refractivity contribution in [1.82, 2.24) is 15.3 Å². The van der Waals surface area contributed by atoms with Crippen molar-refractivity contribution in [3.8, 4) is 11.5 Å². The van der Waals surface area contributed by atoms with Gasteiger partial charge in [-0.15, -0.1) is 0 Å². The second-order valence-corrected chi connectivity index (χ2v) is 17.4. The largest absolute Gasteiger partial charge is 0.506 e. The van der Waals surface area contributed by atoms with Crippen LogP contribution in [0.4, 0.5) is 17.1 Å². The number of nitrogens with two attached hydrogens (primary N) is 1. The number of hydrogen-bond donors (Lipinski definition) is 7. The molecule has 4 aromatic carbocycles. The van der Waals surface area contributed by atoms with Gasteiger partial charge in [-0.05, 0) is 110 Å². The number of aryl methyl sites for hydroxylation is 1. The summed E-state index contributed by atoms with van der Waals surface area (Å²) < 4.78 is 33.8. The van der Waals surface area contributed by atoms with Gasteiger partial charge in [0.15, 0.2) is 9.84 Å². The number of carbonyl (C=O) groups excluding carboxylic acids is 2. The number of sulfone groups is 1. The number of H-pyrrole nitrogens is 1. The Bertz CT molecular complexity index is 2950. The Labute approximate surface area is 358 Å². The number of methoxy groups -OCH3 is 1. The molecule has 0 spiro atoms. The van der Waals surface area contributed by atoms with Crippen LogP contribution in [0.3, 0.4) is 0 Å². The molecule has 0 saturated carbocycles. The molecule has 14 nitrogen and oxygen atoms in total. The molecule has 2 heterocycles. The van der Waals surface area contributed by atoms with Crippen molar-refractivity contribution in [3.05, 3.63) is 146 Å². The third-order valence-corrected chi connectivity index (χ3v) is 13.0. The Kier molecular flexibility index (Phi) is 13.2. The number of anilines is 3. The lowest BCUT2D eigenvalue weighted by Gasteiger charge is -2.21. The van der Waals surface area contributed by atoms with Crippen LogP contribution in [0.1, 0.15) is 70.6 Å². The predicted molar refractivity (Wildman–Crippen MR) is 240 cm³/mol. The van der Waals surface area contributed by atoms with Gasteiger partial charge in [-0.2, -0.15) is 0 Å². The highest BCUT2D eigenvalue weighted by Crippen LogP contribution is 2.29. The average molecular weight is 857 g/mol. The number of unbranched alkanes of at least 4 members (excludes halogenated alkanes) is 2. The van der Waals surface area contributed by atoms with Crippen molar-refractivity contribution in [1.29, 1.82) is 0 Å². The molecule has 8 N–H and O–H groups in total. The second kappa shape index (κ2) is 18.8. The molecule has 1 aliphatic rings. The third-order valence-electron chi connectivity index (χ3n) is 10.9. The summed E-state index contributed by atoms with van der Waals surface area (Å²) in [5, 5.41) is 30.8. The fraction of sp³-hybridized carbons (Fsp3) is 0.234. The molecule has 15 heteroatoms. The molecule has 0 bridgehead atoms. The van der Waals surface area contributed by atoms with Gasteiger partial charge in [0.05, 0.1) is 45.5 Å². The van der Waals surface area contributed by atoms with Gasteiger partial charge in [0.1, 0.15) is 11.5 Å². The number of nitrogens with one attached hydrogen (secondary N) is 4. The summed E-state index contributed by atoms with van der Waals surface area (Å²) in [5.41, 5.74) is 9.94. The van der Waals surface area contributed by atoms with E-state index in [1.807, 2.05) is 24.3 Å². The number of fused-ring (bicyclic) bond motifs is 2. The number of aromatic amines is 1. The molecule has 0 radical (unpaired) electrons. The summed E-state index contributed by atoms with van der Waals surface area (Å²) in [4.78, 5) is 44.7. The van der Waals surface area contributed by atoms with Gasteiger partial charge in [-0.25, -0.2) is 8.42 Å². The number of aliphatic hydroxyl groups excluding tert-OH is 1. The Morgan fingerprint density at radius 1 is 0.968 bits per heavy atom. The van der Waals surface area contributed by atoms with Crippen LogP contribution in [0.2, 0.25) is 0 Å². The number of primary amides is 1. The lowest BCUT2D eigenvalue weighted by atomic mass is 10.0. The van der Waals surface area contributed by atoms with E-state index in [-0.39, 0.29) is 33.8 Å². The monoisotopic (exact) mass is 856 g/mol. The van der Waals surface area contributed by atoms with Crippen molar-refractivity contribution < 1.29 is 33.0 Å². The van der Waals surface area contributed by atoms with E-state index in [1.165, 1.54) is 30.5 Å². The number of carbonyl (C=O) groups is 2. The molecule has 6 aromatic rings. The van der Waals surface area contributed by atoms with Gasteiger partial charge in [0.25, 0.3) is 11.8 Å². The maximum atomic E-state index is 14.2. The highest BCUT2D eigenvalue weighted by Gasteiger charge is 2.30. The van der Waals surface area contributed by atoms with Crippen LogP contribution < -0.4 is 42.5 Å². The van der Waals surface area contributed by atoms with E-state index in [4.69, 9.17) is 10.5 Å². The second-order valence-electron chi connectivity index (χ2n) is 15.3. The molecule has 0 fully saturated rings. The Hall–Kier alpha value is -6.81. The summed E-state index contributed by atoms with van der Waals surface area (Å²) in [6.07, 6.45) is 5.96. The number of phenols is 1. The topological polar surface area (TPSA) is 226 Å². The minimum Gasteiger partial charge on any atom is -0.506 e. The standard InChI is InChI=1S/C47H48N6O8S/c1-28-22-35(25-38-43(28)50-26-39(46(48)57)44(38)51-32-10-7-11-33(24-32)61-2)62(59,60)34-12-6-9-30(23-34)47(58)52-31-15-13-29(14-16-31)8-4-3-5-21-49-27-41(55)36-17-19-40(54)45-37(36)18-20-42(56)53-45/h6-7,9-20,23-26,35,41,49,51,54-55H,3-5,8,21-22,27H2,1-2H3,(H2,48,57)(H,52,58)(H,53,56)/t35?,41-/m0/s1. The number of rotatable bonds is 17. The molecule has 2 atom stereocenters. The van der Waals surface area contributed by atoms with Gasteiger partial charge in [0.2, 0.25) is 5.56 Å². The van der Waals surface area contributed by atoms with E-state index in [1.54, 1.807) is 68.6 Å². The maximum absolute atomic E-state index is 14.2. The minimum atomic E-state index is -4.03. The van der Waals surface area contributed by atoms with E-state index < -0.39 is 33.0 Å². The van der Waals surface area contributed by atoms with E-state index in [9.17, 15) is 33.0 Å². The summed E-state index contributed by atoms with van der Waals surface area (Å²) in [7, 11) is -2.49. The first-order valence-corrected chi connectivity index (χ1v) is 21.8. The summed E-state index contributed by atoms with van der Waals surface area (Å²) >= 11 is 0. The van der Waals surface area contributed by atoms with Crippen molar-refractivity contribution >= 4 is 61.3 Å². The summed E-state index contributed by atoms with van der Waals surface area (Å²) in [6, 6.07) is 26.6. The fourth-order valence-electron chi connectivity index (χ4n) is 7.64. The molecule has 2 aromatic heterocycles. The Morgan fingerprint density at radius 3 is 2.53 bits per heavy atom. The van der Waals surface area contributed by atoms with Crippen LogP contribution >= 0.6 is 0 Å². The lowest BCUT2D eigenvalue weighted by molar-refractivity contribution is 0.0997. The summed E-state index contributed by atoms with van der Waals surface area (Å²) in [5.74, 6) is -0.651. The molecule has 1 unspecified atom stereocenters. The molecule has 320 valence electrons. The van der Waals surface area contributed by atoms with Crippen LogP contribution in [-0.2, 0) is 16.3 Å². The van der Waals surface area contributed by atoms with Crippen molar-refractivity contribution in [2.75, 3.05) is 30.8 Å². The summed E-state index contributed by atoms with van der Waals surface area (Å²) in [6.45, 7) is 2.84. The molecule has 7 rings (SSSR count). The van der Waals surface area contributed by atoms with E-state index in [2.05, 4.69) is 25.9 Å². The maximum Gasteiger partial charge on any atom is 0.255 e. The van der Waals surface area contributed by atoms with Gasteiger partial charge >= 0.3 is 0 Å². The number of ether oxygens (including phenoxy) is 1. The van der Waals surface area contributed by atoms with Gasteiger partial charge in [0, 0.05) is 52.4 Å². The molecule has 1 aliphatic carbocycles. The smallest absolute Gasteiger partial charge is 0.255 e. The highest BCUT2D eigenvalue weighted by molar-refractivity contribution is 7.92. The van der Waals surface area contributed by atoms with E-state index >= 15 is 0 Å². The Morgan fingerprint density at radius 2 is 1.76 bits per heavy atom. The Balaban J connectivity index is 0.940. The van der Waals surface area contributed by atoms with Crippen molar-refractivity contribution in [2.45, 2.75) is 55.3 Å². The zero-order chi connectivity index (χ0) is 44.0. The van der Waals surface area contributed by atoms with Gasteiger partial charge < -0.3 is 41.6 Å². The van der Waals surface area contributed by atoms with Gasteiger partial charge in [-0.3, -0.25) is 19.4 Å². The minimum absolute atomic E-state index is 0.0183. The van der Waals surface area contributed by atoms with Crippen molar-refractivity contribution in [2.24, 2.45) is 5.73 Å². The number of amides is 2. The molecule has 0 saturated heterocycles. The number of phenolic OH excluding ortho intramolecular Hbond substituents is 1. The zero-order valence-electron chi connectivity index (χ0n) is 34.3. The SMILES string of the molecule is COc1cccc(Nc2c(C(N)=O)cnc3c2=CC(S(=O)(=O)c2cccc(C(=O)Nc4ccc(CCCCCNC[C@H](O)c5ccc(O)c6[nH]c(=O)ccc56)cc4)c2)CC=3C)c1. The molecule has 0 aliphatic heterocycles. The molecular weight excluding hydrogens is 809 g/mol. The van der Waals surface area contributed by atoms with Gasteiger partial charge in [-0.1, -0.05) is 42.8 Å². The number of nitrogens with zero attached hydrogens (tertiary/aromatic N) is 1. The van der Waals surface area contributed by atoms with E-state index in [0.29, 0.717) is 68.5 Å². The number of aromatic hydroxyl groups is 1. The first kappa shape index (κ1) is 43.3. The first-order valence-electron chi connectivity index (χ1n) is 20.2. The van der Waals surface area contributed by atoms with Crippen LogP contribution in [0.15, 0.2) is 113 Å². The molecular formula is C47H48N6O8S. The van der Waals surface area contributed by atoms with Crippen LogP contribution in [0, 0.1) is 0 Å². The zero-order valence-corrected chi connectivity index (χ0v) is 35.1. The average Bonchev–Trinajstić information content (AvgIpc) is 3.27. The van der Waals surface area contributed by atoms with Crippen LogP contribution in [-0.4, -0.2) is 65.9 Å². The number of aromatic nitrogens is 2. The van der Waals surface area contributed by atoms with Crippen molar-refractivity contribution in [3.63, 3.8) is 0 Å². The number of pyridine rings is 2. The number of hydrogen-bond acceptors (Lipinski definition) is 11. The normalized spacial score (nSPS) is 14.1. The number of aliphatic hydroxyl groups is 1. The predicted octanol–water partition coefficient (Wildman–Crippen LogP) is 4.97. The van der Waals surface area contributed by atoms with Crippen LogP contribution in [0.5, 0.6) is 11.5 Å². The first-order chi connectivity index (χ1) is 29.8. The highest BCUT2D eigenvalue weighted by atomic mass is 32.2. The third kappa shape index (κ3) is 9.70. The molecule has 2 amide bonds. The van der Waals surface area contributed by atoms with Crippen LogP contribution in [0.25, 0.3) is 22.6 Å². The van der Waals surface area contributed by atoms with E-state index in [0.717, 1.165) is 31.2 Å². The number of benzene rings is 4.